The molecule has 1 aromatic heterocycles. The van der Waals surface area contributed by atoms with Crippen molar-refractivity contribution in [1.29, 1.82) is 0 Å². The largest absolute Gasteiger partial charge is 0.486 e. The van der Waals surface area contributed by atoms with E-state index in [1.54, 1.807) is 10.7 Å². The highest BCUT2D eigenvalue weighted by Crippen LogP contribution is 2.20. The van der Waals surface area contributed by atoms with Crippen LogP contribution in [-0.4, -0.2) is 25.8 Å². The van der Waals surface area contributed by atoms with Gasteiger partial charge in [0.25, 0.3) is 0 Å². The van der Waals surface area contributed by atoms with Crippen LogP contribution in [0.1, 0.15) is 30.0 Å². The van der Waals surface area contributed by atoms with Gasteiger partial charge in [0.05, 0.1) is 5.56 Å². The van der Waals surface area contributed by atoms with Crippen molar-refractivity contribution in [2.45, 2.75) is 27.0 Å². The number of hydrogen-bond donors (Lipinski definition) is 2. The van der Waals surface area contributed by atoms with E-state index in [1.165, 1.54) is 18.5 Å². The van der Waals surface area contributed by atoms with Crippen LogP contribution in [-0.2, 0) is 13.2 Å². The van der Waals surface area contributed by atoms with Crippen molar-refractivity contribution in [1.82, 2.24) is 14.8 Å². The molecule has 0 radical (unpaired) electrons. The van der Waals surface area contributed by atoms with E-state index in [0.29, 0.717) is 17.5 Å². The second kappa shape index (κ2) is 6.25. The van der Waals surface area contributed by atoms with Gasteiger partial charge in [-0.15, -0.1) is 0 Å². The Hall–Kier alpha value is -2.57. The van der Waals surface area contributed by atoms with Crippen LogP contribution in [0.25, 0.3) is 0 Å². The van der Waals surface area contributed by atoms with Crippen LogP contribution < -0.4 is 10.5 Å². The van der Waals surface area contributed by atoms with Crippen molar-refractivity contribution in [2.75, 3.05) is 5.73 Å². The molecular formula is C14H18N4O3. The molecule has 1 heterocycles. The van der Waals surface area contributed by atoms with Crippen molar-refractivity contribution in [3.05, 3.63) is 35.9 Å². The lowest BCUT2D eigenvalue weighted by Gasteiger charge is -2.10. The minimum atomic E-state index is -1.08. The Bertz CT molecular complexity index is 637. The summed E-state index contributed by atoms with van der Waals surface area (Å²) >= 11 is 0. The number of carboxylic acids is 1. The average Bonchev–Trinajstić information content (AvgIpc) is 2.84. The third kappa shape index (κ3) is 3.71. The van der Waals surface area contributed by atoms with Crippen LogP contribution in [0.4, 0.5) is 5.69 Å². The monoisotopic (exact) mass is 290 g/mol. The number of carboxylic acid groups (broad SMARTS) is 1. The molecule has 1 aromatic carbocycles. The molecule has 0 spiro atoms. The normalized spacial score (nSPS) is 10.8. The van der Waals surface area contributed by atoms with Crippen molar-refractivity contribution in [2.24, 2.45) is 5.92 Å². The number of nitrogen functional groups attached to an aromatic ring is 1. The fourth-order valence-corrected chi connectivity index (χ4v) is 1.86. The summed E-state index contributed by atoms with van der Waals surface area (Å²) in [6, 6.07) is 4.55. The molecule has 0 aliphatic heterocycles. The molecular weight excluding hydrogens is 272 g/mol. The third-order valence-corrected chi connectivity index (χ3v) is 2.86. The molecule has 0 aliphatic rings. The lowest BCUT2D eigenvalue weighted by Crippen LogP contribution is -2.12. The number of ether oxygens (including phenoxy) is 1. The molecule has 2 aromatic rings. The van der Waals surface area contributed by atoms with Crippen molar-refractivity contribution < 1.29 is 14.6 Å². The molecule has 0 saturated carbocycles. The second-order valence-electron chi connectivity index (χ2n) is 5.10. The van der Waals surface area contributed by atoms with Gasteiger partial charge < -0.3 is 15.6 Å². The highest BCUT2D eigenvalue weighted by atomic mass is 16.5. The smallest absolute Gasteiger partial charge is 0.337 e. The summed E-state index contributed by atoms with van der Waals surface area (Å²) < 4.78 is 7.35. The quantitative estimate of drug-likeness (QED) is 0.786. The number of aromatic carboxylic acids is 1. The summed E-state index contributed by atoms with van der Waals surface area (Å²) in [4.78, 5) is 15.2. The Balaban J connectivity index is 2.08. The molecule has 112 valence electrons. The molecule has 2 rings (SSSR count). The summed E-state index contributed by atoms with van der Waals surface area (Å²) in [6.07, 6.45) is 1.48. The highest BCUT2D eigenvalue weighted by molar-refractivity contribution is 5.94. The number of rotatable bonds is 6. The molecule has 0 aliphatic carbocycles. The van der Waals surface area contributed by atoms with E-state index in [0.717, 1.165) is 6.54 Å². The first-order chi connectivity index (χ1) is 9.97. The minimum absolute atomic E-state index is 0.0242. The van der Waals surface area contributed by atoms with E-state index in [4.69, 9.17) is 15.6 Å². The van der Waals surface area contributed by atoms with Crippen molar-refractivity contribution in [3.8, 4) is 5.75 Å². The number of anilines is 1. The number of benzene rings is 1. The molecule has 7 nitrogen and oxygen atoms in total. The van der Waals surface area contributed by atoms with Gasteiger partial charge in [0.15, 0.2) is 5.82 Å². The van der Waals surface area contributed by atoms with Gasteiger partial charge in [-0.1, -0.05) is 13.8 Å². The van der Waals surface area contributed by atoms with Gasteiger partial charge >= 0.3 is 5.97 Å². The number of nitrogens with zero attached hydrogens (tertiary/aromatic N) is 3. The van der Waals surface area contributed by atoms with E-state index < -0.39 is 5.97 Å². The SMILES string of the molecule is CC(C)Cn1ncnc1COc1ccc(N)c(C(=O)O)c1. The zero-order valence-corrected chi connectivity index (χ0v) is 12.0. The van der Waals surface area contributed by atoms with E-state index in [-0.39, 0.29) is 17.9 Å². The van der Waals surface area contributed by atoms with E-state index >= 15 is 0 Å². The van der Waals surface area contributed by atoms with Gasteiger partial charge in [-0.3, -0.25) is 0 Å². The lowest BCUT2D eigenvalue weighted by atomic mass is 10.2. The maximum Gasteiger partial charge on any atom is 0.337 e. The van der Waals surface area contributed by atoms with E-state index in [2.05, 4.69) is 23.9 Å². The van der Waals surface area contributed by atoms with Gasteiger partial charge in [-0.2, -0.15) is 5.10 Å². The van der Waals surface area contributed by atoms with Crippen molar-refractivity contribution >= 4 is 11.7 Å². The highest BCUT2D eigenvalue weighted by Gasteiger charge is 2.11. The predicted octanol–water partition coefficient (Wildman–Crippen LogP) is 1.79. The molecule has 3 N–H and O–H groups in total. The molecule has 0 fully saturated rings. The topological polar surface area (TPSA) is 103 Å². The molecule has 7 heteroatoms. The predicted molar refractivity (Wildman–Crippen MR) is 77.0 cm³/mol. The summed E-state index contributed by atoms with van der Waals surface area (Å²) in [5, 5.41) is 13.2. The third-order valence-electron chi connectivity index (χ3n) is 2.86. The summed E-state index contributed by atoms with van der Waals surface area (Å²) in [6.45, 7) is 5.15. The number of carbonyl (C=O) groups is 1. The summed E-state index contributed by atoms with van der Waals surface area (Å²) in [7, 11) is 0. The van der Waals surface area contributed by atoms with Crippen molar-refractivity contribution in [3.63, 3.8) is 0 Å². The Morgan fingerprint density at radius 1 is 1.48 bits per heavy atom. The van der Waals surface area contributed by atoms with Crippen LogP contribution in [0.2, 0.25) is 0 Å². The van der Waals surface area contributed by atoms with Crippen LogP contribution >= 0.6 is 0 Å². The maximum atomic E-state index is 11.0. The Morgan fingerprint density at radius 2 is 2.24 bits per heavy atom. The van der Waals surface area contributed by atoms with Crippen LogP contribution in [0.3, 0.4) is 0 Å². The fraction of sp³-hybridized carbons (Fsp3) is 0.357. The molecule has 0 bridgehead atoms. The molecule has 21 heavy (non-hydrogen) atoms. The average molecular weight is 290 g/mol. The van der Waals surface area contributed by atoms with Gasteiger partial charge in [0, 0.05) is 12.2 Å². The second-order valence-corrected chi connectivity index (χ2v) is 5.10. The molecule has 0 unspecified atom stereocenters. The molecule has 0 amide bonds. The minimum Gasteiger partial charge on any atom is -0.486 e. The van der Waals surface area contributed by atoms with E-state index in [1.807, 2.05) is 0 Å². The Morgan fingerprint density at radius 3 is 2.90 bits per heavy atom. The maximum absolute atomic E-state index is 11.0. The van der Waals surface area contributed by atoms with Gasteiger partial charge in [-0.25, -0.2) is 14.5 Å². The molecule has 0 saturated heterocycles. The Labute approximate surface area is 122 Å². The Kier molecular flexibility index (Phi) is 4.42. The number of aromatic nitrogens is 3. The summed E-state index contributed by atoms with van der Waals surface area (Å²) in [5.74, 6) is 0.486. The number of nitrogens with two attached hydrogens (primary N) is 1. The van der Waals surface area contributed by atoms with Gasteiger partial charge in [0.1, 0.15) is 18.7 Å². The zero-order valence-electron chi connectivity index (χ0n) is 12.0. The summed E-state index contributed by atoms with van der Waals surface area (Å²) in [5.41, 5.74) is 5.83. The number of hydrogen-bond acceptors (Lipinski definition) is 5. The molecule has 0 atom stereocenters. The van der Waals surface area contributed by atoms with Crippen LogP contribution in [0.15, 0.2) is 24.5 Å². The van der Waals surface area contributed by atoms with E-state index in [9.17, 15) is 4.79 Å². The fourth-order valence-electron chi connectivity index (χ4n) is 1.86. The first-order valence-corrected chi connectivity index (χ1v) is 6.59. The zero-order chi connectivity index (χ0) is 15.4. The van der Waals surface area contributed by atoms with Crippen LogP contribution in [0.5, 0.6) is 5.75 Å². The lowest BCUT2D eigenvalue weighted by molar-refractivity contribution is 0.0697. The van der Waals surface area contributed by atoms with Crippen LogP contribution in [0, 0.1) is 5.92 Å². The first kappa shape index (κ1) is 14.8. The standard InChI is InChI=1S/C14H18N4O3/c1-9(2)6-18-13(16-8-17-18)7-21-10-3-4-12(15)11(5-10)14(19)20/h3-5,8-9H,6-7,15H2,1-2H3,(H,19,20). The van der Waals surface area contributed by atoms with Gasteiger partial charge in [-0.05, 0) is 24.1 Å². The first-order valence-electron chi connectivity index (χ1n) is 6.59. The van der Waals surface area contributed by atoms with Gasteiger partial charge in [0.2, 0.25) is 0 Å².